The van der Waals surface area contributed by atoms with Gasteiger partial charge >= 0.3 is 11.8 Å². The van der Waals surface area contributed by atoms with Gasteiger partial charge in [-0.05, 0) is 22.3 Å². The molecule has 0 spiro atoms. The Morgan fingerprint density at radius 2 is 0.757 bits per heavy atom. The number of rotatable bonds is 6. The van der Waals surface area contributed by atoms with E-state index in [1.54, 1.807) is 0 Å². The van der Waals surface area contributed by atoms with Gasteiger partial charge in [0.2, 0.25) is 0 Å². The van der Waals surface area contributed by atoms with Crippen LogP contribution in [0.25, 0.3) is 0 Å². The van der Waals surface area contributed by atoms with Crippen molar-refractivity contribution in [2.45, 2.75) is 24.2 Å². The molecular weight excluding hydrogens is 458 g/mol. The molecule has 0 aromatic heterocycles. The summed E-state index contributed by atoms with van der Waals surface area (Å²) in [6, 6.07) is 39.1. The molecule has 184 valence electrons. The maximum absolute atomic E-state index is 14.1. The fraction of sp³-hybridized carbons (Fsp3) is 0.188. The van der Waals surface area contributed by atoms with Crippen LogP contribution in [-0.4, -0.2) is 46.8 Å². The summed E-state index contributed by atoms with van der Waals surface area (Å²) in [7, 11) is 0. The number of carbonyl (C=O) groups excluding carboxylic acids is 2. The van der Waals surface area contributed by atoms with Gasteiger partial charge in [-0.1, -0.05) is 121 Å². The second-order valence-electron chi connectivity index (χ2n) is 9.67. The molecule has 0 saturated carbocycles. The van der Waals surface area contributed by atoms with Crippen LogP contribution in [0, 0.1) is 0 Å². The molecule has 2 saturated heterocycles. The van der Waals surface area contributed by atoms with E-state index in [0.29, 0.717) is 13.1 Å². The maximum atomic E-state index is 14.1. The van der Waals surface area contributed by atoms with E-state index in [9.17, 15) is 9.59 Å². The molecule has 4 aromatic carbocycles. The largest absolute Gasteiger partial charge is 0.317 e. The normalized spacial score (nSPS) is 19.5. The molecule has 37 heavy (non-hydrogen) atoms. The van der Waals surface area contributed by atoms with Gasteiger partial charge in [-0.2, -0.15) is 0 Å². The first kappa shape index (κ1) is 23.2. The summed E-state index contributed by atoms with van der Waals surface area (Å²) >= 11 is 0. The Balaban J connectivity index is 1.46. The lowest BCUT2D eigenvalue weighted by Crippen LogP contribution is -2.65. The van der Waals surface area contributed by atoms with Gasteiger partial charge < -0.3 is 15.1 Å². The van der Waals surface area contributed by atoms with E-state index in [1.807, 2.05) is 131 Å². The van der Waals surface area contributed by atoms with Crippen molar-refractivity contribution in [3.63, 3.8) is 0 Å². The Kier molecular flexibility index (Phi) is 6.29. The number of benzene rings is 4. The van der Waals surface area contributed by atoms with Crippen LogP contribution in [0.2, 0.25) is 0 Å². The van der Waals surface area contributed by atoms with Crippen LogP contribution in [0.4, 0.5) is 0 Å². The van der Waals surface area contributed by atoms with Crippen molar-refractivity contribution < 1.29 is 9.59 Å². The number of hydrogen-bond acceptors (Lipinski definition) is 3. The van der Waals surface area contributed by atoms with Gasteiger partial charge in [-0.15, -0.1) is 0 Å². The monoisotopic (exact) mass is 487 g/mol. The summed E-state index contributed by atoms with van der Waals surface area (Å²) in [6.07, 6.45) is 0. The highest BCUT2D eigenvalue weighted by Gasteiger charge is 2.53. The van der Waals surface area contributed by atoms with E-state index in [4.69, 9.17) is 0 Å². The topological polar surface area (TPSA) is 52.7 Å². The summed E-state index contributed by atoms with van der Waals surface area (Å²) in [6.45, 7) is 1.26. The molecule has 2 aliphatic rings. The lowest BCUT2D eigenvalue weighted by atomic mass is 9.89. The van der Waals surface area contributed by atoms with Crippen LogP contribution in [0.15, 0.2) is 121 Å². The van der Waals surface area contributed by atoms with Crippen LogP contribution in [-0.2, 0) is 9.59 Å². The van der Waals surface area contributed by atoms with Crippen LogP contribution < -0.4 is 5.32 Å². The molecule has 2 heterocycles. The van der Waals surface area contributed by atoms with Gasteiger partial charge in [0.25, 0.3) is 0 Å². The second kappa shape index (κ2) is 10.0. The van der Waals surface area contributed by atoms with Crippen LogP contribution in [0.1, 0.15) is 34.3 Å². The van der Waals surface area contributed by atoms with Gasteiger partial charge in [-0.25, -0.2) is 0 Å². The Bertz CT molecular complexity index is 1180. The van der Waals surface area contributed by atoms with E-state index in [-0.39, 0.29) is 24.2 Å². The predicted molar refractivity (Wildman–Crippen MR) is 144 cm³/mol. The van der Waals surface area contributed by atoms with E-state index in [0.717, 1.165) is 22.3 Å². The van der Waals surface area contributed by atoms with Crippen molar-refractivity contribution in [2.75, 3.05) is 13.1 Å². The summed E-state index contributed by atoms with van der Waals surface area (Å²) in [4.78, 5) is 32.0. The van der Waals surface area contributed by atoms with Crippen molar-refractivity contribution >= 4 is 11.8 Å². The fourth-order valence-corrected chi connectivity index (χ4v) is 5.93. The molecule has 5 nitrogen and oxygen atoms in total. The Labute approximate surface area is 217 Å². The number of carbonyl (C=O) groups is 2. The van der Waals surface area contributed by atoms with Gasteiger partial charge in [0.15, 0.2) is 0 Å². The number of nitrogens with zero attached hydrogens (tertiary/aromatic N) is 2. The molecule has 0 unspecified atom stereocenters. The third kappa shape index (κ3) is 4.21. The number of piperazine rings is 1. The standard InChI is InChI=1S/C32H29N3O2/c36-31-32(37)35(30(25-17-9-3-10-18-25)26-19-11-4-12-20-26)28-22-33-21-27(28)34(31)29(23-13-5-1-6-14-23)24-15-7-2-8-16-24/h1-20,27-30,33H,21-22H2/t27-,28-/m0/s1. The zero-order chi connectivity index (χ0) is 25.2. The maximum Gasteiger partial charge on any atom is 0.313 e. The number of fused-ring (bicyclic) bond motifs is 1. The Hall–Kier alpha value is -4.22. The molecule has 2 fully saturated rings. The molecule has 0 aliphatic carbocycles. The first-order valence-corrected chi connectivity index (χ1v) is 12.8. The van der Waals surface area contributed by atoms with Crippen LogP contribution in [0.3, 0.4) is 0 Å². The molecule has 4 aromatic rings. The minimum atomic E-state index is -0.459. The highest BCUT2D eigenvalue weighted by atomic mass is 16.2. The second-order valence-corrected chi connectivity index (χ2v) is 9.67. The smallest absolute Gasteiger partial charge is 0.313 e. The van der Waals surface area contributed by atoms with Gasteiger partial charge in [-0.3, -0.25) is 9.59 Å². The van der Waals surface area contributed by atoms with Gasteiger partial charge in [0.05, 0.1) is 24.2 Å². The minimum Gasteiger partial charge on any atom is -0.317 e. The Morgan fingerprint density at radius 1 is 0.486 bits per heavy atom. The van der Waals surface area contributed by atoms with Crippen molar-refractivity contribution in [1.82, 2.24) is 15.1 Å². The third-order valence-corrected chi connectivity index (χ3v) is 7.54. The number of nitrogens with one attached hydrogen (secondary N) is 1. The lowest BCUT2D eigenvalue weighted by Gasteiger charge is -2.49. The van der Waals surface area contributed by atoms with Crippen molar-refractivity contribution in [1.29, 1.82) is 0 Å². The van der Waals surface area contributed by atoms with E-state index in [2.05, 4.69) is 5.32 Å². The highest BCUT2D eigenvalue weighted by molar-refractivity contribution is 6.36. The molecule has 2 atom stereocenters. The fourth-order valence-electron chi connectivity index (χ4n) is 5.93. The molecule has 1 N–H and O–H groups in total. The Morgan fingerprint density at radius 3 is 1.03 bits per heavy atom. The van der Waals surface area contributed by atoms with Crippen LogP contribution in [0.5, 0.6) is 0 Å². The van der Waals surface area contributed by atoms with Crippen molar-refractivity contribution in [3.8, 4) is 0 Å². The third-order valence-electron chi connectivity index (χ3n) is 7.54. The zero-order valence-electron chi connectivity index (χ0n) is 20.5. The molecule has 6 rings (SSSR count). The first-order chi connectivity index (χ1) is 18.2. The molecule has 5 heteroatoms. The average Bonchev–Trinajstić information content (AvgIpc) is 3.44. The lowest BCUT2D eigenvalue weighted by molar-refractivity contribution is -0.164. The number of amides is 2. The highest BCUT2D eigenvalue weighted by Crippen LogP contribution is 2.40. The van der Waals surface area contributed by atoms with Crippen molar-refractivity contribution in [3.05, 3.63) is 144 Å². The molecule has 0 bridgehead atoms. The van der Waals surface area contributed by atoms with Gasteiger partial charge in [0, 0.05) is 13.1 Å². The molecular formula is C32H29N3O2. The quantitative estimate of drug-likeness (QED) is 0.405. The zero-order valence-corrected chi connectivity index (χ0v) is 20.5. The first-order valence-electron chi connectivity index (χ1n) is 12.8. The SMILES string of the molecule is O=C1C(=O)N(C(c2ccccc2)c2ccccc2)[C@H]2CNC[C@@H]2N1C(c1ccccc1)c1ccccc1. The molecule has 2 amide bonds. The van der Waals surface area contributed by atoms with Gasteiger partial charge in [0.1, 0.15) is 0 Å². The summed E-state index contributed by atoms with van der Waals surface area (Å²) in [5, 5.41) is 3.49. The predicted octanol–water partition coefficient (Wildman–Crippen LogP) is 4.58. The average molecular weight is 488 g/mol. The molecule has 2 aliphatic heterocycles. The summed E-state index contributed by atoms with van der Waals surface area (Å²) in [5.41, 5.74) is 3.99. The van der Waals surface area contributed by atoms with E-state index >= 15 is 0 Å². The summed E-state index contributed by atoms with van der Waals surface area (Å²) in [5.74, 6) is -0.918. The number of hydrogen-bond donors (Lipinski definition) is 1. The van der Waals surface area contributed by atoms with E-state index in [1.165, 1.54) is 0 Å². The minimum absolute atomic E-state index is 0.162. The van der Waals surface area contributed by atoms with Crippen molar-refractivity contribution in [2.24, 2.45) is 0 Å². The summed E-state index contributed by atoms with van der Waals surface area (Å²) < 4.78 is 0. The molecule has 0 radical (unpaired) electrons. The van der Waals surface area contributed by atoms with E-state index < -0.39 is 11.8 Å². The van der Waals surface area contributed by atoms with Crippen LogP contribution >= 0.6 is 0 Å².